The molecule has 2 aromatic rings. The van der Waals surface area contributed by atoms with Crippen molar-refractivity contribution in [2.75, 3.05) is 11.1 Å². The van der Waals surface area contributed by atoms with Crippen LogP contribution in [0.2, 0.25) is 0 Å². The van der Waals surface area contributed by atoms with Crippen molar-refractivity contribution in [2.45, 2.75) is 19.3 Å². The number of nitrogens with zero attached hydrogens (tertiary/aromatic N) is 2. The third kappa shape index (κ3) is 3.87. The Kier molecular flexibility index (Phi) is 4.82. The number of para-hydroxylation sites is 2. The average molecular weight is 308 g/mol. The van der Waals surface area contributed by atoms with E-state index in [1.165, 1.54) is 12.3 Å². The molecule has 0 aliphatic rings. The second kappa shape index (κ2) is 6.79. The van der Waals surface area contributed by atoms with E-state index < -0.39 is 11.3 Å². The summed E-state index contributed by atoms with van der Waals surface area (Å²) in [5.41, 5.74) is 6.78. The smallest absolute Gasteiger partial charge is 0.292 e. The molecule has 8 heteroatoms. The zero-order valence-electron chi connectivity index (χ0n) is 11.5. The van der Waals surface area contributed by atoms with Gasteiger partial charge < -0.3 is 11.1 Å². The quantitative estimate of drug-likeness (QED) is 0.629. The van der Waals surface area contributed by atoms with Crippen LogP contribution in [-0.4, -0.2) is 16.3 Å². The van der Waals surface area contributed by atoms with Crippen LogP contribution in [0.3, 0.4) is 0 Å². The minimum atomic E-state index is -2.42. The number of rotatable bonds is 6. The van der Waals surface area contributed by atoms with Gasteiger partial charge in [-0.1, -0.05) is 12.1 Å². The number of nitro groups is 1. The molecule has 0 fully saturated rings. The van der Waals surface area contributed by atoms with Crippen LogP contribution < -0.4 is 11.1 Å². The van der Waals surface area contributed by atoms with Crippen LogP contribution in [0.5, 0.6) is 0 Å². The SMILES string of the molecule is Nc1ncc(Nc2ccccc2[N+](=O)[O-])cc1CCC(F)F. The van der Waals surface area contributed by atoms with E-state index in [-0.39, 0.29) is 24.3 Å². The van der Waals surface area contributed by atoms with Gasteiger partial charge in [0.25, 0.3) is 5.69 Å². The molecule has 3 N–H and O–H groups in total. The Balaban J connectivity index is 2.23. The van der Waals surface area contributed by atoms with Crippen molar-refractivity contribution in [3.63, 3.8) is 0 Å². The summed E-state index contributed by atoms with van der Waals surface area (Å²) in [7, 11) is 0. The maximum atomic E-state index is 12.3. The van der Waals surface area contributed by atoms with Crippen LogP contribution >= 0.6 is 0 Å². The van der Waals surface area contributed by atoms with E-state index >= 15 is 0 Å². The molecular weight excluding hydrogens is 294 g/mol. The highest BCUT2D eigenvalue weighted by molar-refractivity contribution is 5.69. The Labute approximate surface area is 125 Å². The fourth-order valence-corrected chi connectivity index (χ4v) is 1.95. The third-order valence-electron chi connectivity index (χ3n) is 3.01. The van der Waals surface area contributed by atoms with Gasteiger partial charge in [0.2, 0.25) is 6.43 Å². The molecule has 0 saturated carbocycles. The lowest BCUT2D eigenvalue weighted by Crippen LogP contribution is -2.03. The van der Waals surface area contributed by atoms with E-state index in [2.05, 4.69) is 10.3 Å². The fraction of sp³-hybridized carbons (Fsp3) is 0.214. The summed E-state index contributed by atoms with van der Waals surface area (Å²) in [6, 6.07) is 7.69. The number of pyridine rings is 1. The first-order chi connectivity index (χ1) is 10.5. The highest BCUT2D eigenvalue weighted by Crippen LogP contribution is 2.28. The van der Waals surface area contributed by atoms with Gasteiger partial charge in [0.15, 0.2) is 0 Å². The first-order valence-corrected chi connectivity index (χ1v) is 6.50. The van der Waals surface area contributed by atoms with E-state index in [9.17, 15) is 18.9 Å². The highest BCUT2D eigenvalue weighted by atomic mass is 19.3. The molecule has 0 spiro atoms. The largest absolute Gasteiger partial charge is 0.383 e. The molecule has 2 rings (SSSR count). The highest BCUT2D eigenvalue weighted by Gasteiger charge is 2.13. The maximum absolute atomic E-state index is 12.3. The first-order valence-electron chi connectivity index (χ1n) is 6.50. The minimum absolute atomic E-state index is 0.0862. The molecule has 1 aromatic carbocycles. The third-order valence-corrected chi connectivity index (χ3v) is 3.01. The van der Waals surface area contributed by atoms with Gasteiger partial charge in [0.1, 0.15) is 11.5 Å². The molecule has 0 unspecified atom stereocenters. The summed E-state index contributed by atoms with van der Waals surface area (Å²) in [6.07, 6.45) is -1.26. The Morgan fingerprint density at radius 1 is 1.36 bits per heavy atom. The molecule has 1 heterocycles. The number of alkyl halides is 2. The second-order valence-corrected chi connectivity index (χ2v) is 4.60. The Hall–Kier alpha value is -2.77. The zero-order valence-corrected chi connectivity index (χ0v) is 11.5. The molecule has 0 radical (unpaired) electrons. The molecule has 0 aliphatic heterocycles. The fourth-order valence-electron chi connectivity index (χ4n) is 1.95. The van der Waals surface area contributed by atoms with Crippen LogP contribution in [0, 0.1) is 10.1 Å². The topological polar surface area (TPSA) is 94.1 Å². The van der Waals surface area contributed by atoms with Crippen LogP contribution in [0.1, 0.15) is 12.0 Å². The van der Waals surface area contributed by atoms with Crippen molar-refractivity contribution in [3.8, 4) is 0 Å². The molecule has 0 amide bonds. The molecule has 22 heavy (non-hydrogen) atoms. The van der Waals surface area contributed by atoms with E-state index in [0.717, 1.165) is 0 Å². The van der Waals surface area contributed by atoms with Crippen molar-refractivity contribution in [1.29, 1.82) is 0 Å². The Morgan fingerprint density at radius 2 is 2.09 bits per heavy atom. The summed E-state index contributed by atoms with van der Waals surface area (Å²) >= 11 is 0. The van der Waals surface area contributed by atoms with Gasteiger partial charge in [-0.05, 0) is 24.1 Å². The van der Waals surface area contributed by atoms with Gasteiger partial charge in [0, 0.05) is 12.5 Å². The molecule has 0 atom stereocenters. The number of benzene rings is 1. The molecule has 0 saturated heterocycles. The van der Waals surface area contributed by atoms with E-state index in [1.54, 1.807) is 24.3 Å². The van der Waals surface area contributed by atoms with Crippen molar-refractivity contribution >= 4 is 22.9 Å². The predicted molar refractivity (Wildman–Crippen MR) is 79.4 cm³/mol. The second-order valence-electron chi connectivity index (χ2n) is 4.60. The summed E-state index contributed by atoms with van der Waals surface area (Å²) < 4.78 is 24.6. The van der Waals surface area contributed by atoms with Gasteiger partial charge in [-0.2, -0.15) is 0 Å². The monoisotopic (exact) mass is 308 g/mol. The van der Waals surface area contributed by atoms with Crippen LogP contribution in [0.25, 0.3) is 0 Å². The van der Waals surface area contributed by atoms with E-state index in [1.807, 2.05) is 0 Å². The normalized spacial score (nSPS) is 10.7. The number of aryl methyl sites for hydroxylation is 1. The lowest BCUT2D eigenvalue weighted by molar-refractivity contribution is -0.383. The molecule has 0 aliphatic carbocycles. The van der Waals surface area contributed by atoms with Gasteiger partial charge in [-0.3, -0.25) is 10.1 Å². The summed E-state index contributed by atoms with van der Waals surface area (Å²) in [4.78, 5) is 14.4. The van der Waals surface area contributed by atoms with Gasteiger partial charge in [-0.25, -0.2) is 13.8 Å². The Morgan fingerprint density at radius 3 is 2.77 bits per heavy atom. The van der Waals surface area contributed by atoms with Crippen LogP contribution in [0.4, 0.5) is 31.7 Å². The number of aromatic nitrogens is 1. The summed E-state index contributed by atoms with van der Waals surface area (Å²) in [5, 5.41) is 13.8. The van der Waals surface area contributed by atoms with Gasteiger partial charge >= 0.3 is 0 Å². The Bertz CT molecular complexity index is 680. The molecular formula is C14H14F2N4O2. The number of nitro benzene ring substituents is 1. The number of nitrogens with one attached hydrogen (secondary N) is 1. The minimum Gasteiger partial charge on any atom is -0.383 e. The van der Waals surface area contributed by atoms with Gasteiger partial charge in [0.05, 0.1) is 16.8 Å². The van der Waals surface area contributed by atoms with Crippen molar-refractivity contribution in [3.05, 3.63) is 52.2 Å². The number of anilines is 3. The number of nitrogens with two attached hydrogens (primary N) is 1. The number of hydrogen-bond donors (Lipinski definition) is 2. The molecule has 116 valence electrons. The summed E-state index contributed by atoms with van der Waals surface area (Å²) in [6.45, 7) is 0. The number of hydrogen-bond acceptors (Lipinski definition) is 5. The lowest BCUT2D eigenvalue weighted by atomic mass is 10.1. The number of halogens is 2. The first kappa shape index (κ1) is 15.6. The average Bonchev–Trinajstić information content (AvgIpc) is 2.48. The van der Waals surface area contributed by atoms with Gasteiger partial charge in [-0.15, -0.1) is 0 Å². The van der Waals surface area contributed by atoms with E-state index in [4.69, 9.17) is 5.73 Å². The standard InChI is InChI=1S/C14H14F2N4O2/c15-13(16)6-5-9-7-10(8-18-14(9)17)19-11-3-1-2-4-12(11)20(21)22/h1-4,7-8,13,19H,5-6H2,(H2,17,18). The van der Waals surface area contributed by atoms with Crippen molar-refractivity contribution < 1.29 is 13.7 Å². The zero-order chi connectivity index (χ0) is 16.1. The van der Waals surface area contributed by atoms with Crippen LogP contribution in [0.15, 0.2) is 36.5 Å². The van der Waals surface area contributed by atoms with Crippen LogP contribution in [-0.2, 0) is 6.42 Å². The predicted octanol–water partition coefficient (Wildman–Crippen LogP) is 3.51. The van der Waals surface area contributed by atoms with Crippen molar-refractivity contribution in [1.82, 2.24) is 4.98 Å². The maximum Gasteiger partial charge on any atom is 0.292 e. The lowest BCUT2D eigenvalue weighted by Gasteiger charge is -2.10. The summed E-state index contributed by atoms with van der Waals surface area (Å²) in [5.74, 6) is 0.175. The van der Waals surface area contributed by atoms with Crippen molar-refractivity contribution in [2.24, 2.45) is 0 Å². The number of nitrogen functional groups attached to an aromatic ring is 1. The van der Waals surface area contributed by atoms with E-state index in [0.29, 0.717) is 16.9 Å². The molecule has 1 aromatic heterocycles. The molecule has 0 bridgehead atoms. The molecule has 6 nitrogen and oxygen atoms in total.